The van der Waals surface area contributed by atoms with E-state index in [9.17, 15) is 9.59 Å². The van der Waals surface area contributed by atoms with Crippen LogP contribution in [0, 0.1) is 0 Å². The molecule has 24 heavy (non-hydrogen) atoms. The molecular formula is C19H16O5. The number of hydrogen-bond donors (Lipinski definition) is 0. The summed E-state index contributed by atoms with van der Waals surface area (Å²) in [5, 5.41) is 0. The van der Waals surface area contributed by atoms with E-state index < -0.39 is 12.1 Å². The number of methoxy groups -OCH3 is 1. The smallest absolute Gasteiger partial charge is 0.346 e. The largest absolute Gasteiger partial charge is 0.479 e. The fourth-order valence-corrected chi connectivity index (χ4v) is 2.36. The van der Waals surface area contributed by atoms with Gasteiger partial charge in [0, 0.05) is 6.07 Å². The Labute approximate surface area is 139 Å². The van der Waals surface area contributed by atoms with Crippen LogP contribution in [0.5, 0.6) is 11.5 Å². The Morgan fingerprint density at radius 2 is 1.92 bits per heavy atom. The van der Waals surface area contributed by atoms with Gasteiger partial charge in [0.2, 0.25) is 5.78 Å². The van der Waals surface area contributed by atoms with Gasteiger partial charge in [-0.2, -0.15) is 0 Å². The maximum Gasteiger partial charge on any atom is 0.346 e. The van der Waals surface area contributed by atoms with Crippen LogP contribution in [0.1, 0.15) is 22.8 Å². The second-order valence-electron chi connectivity index (χ2n) is 5.29. The number of allylic oxidation sites excluding steroid dienone is 1. The molecule has 1 aliphatic heterocycles. The van der Waals surface area contributed by atoms with Crippen molar-refractivity contribution in [2.45, 2.75) is 13.0 Å². The van der Waals surface area contributed by atoms with Crippen LogP contribution >= 0.6 is 0 Å². The minimum Gasteiger partial charge on any atom is -0.479 e. The maximum absolute atomic E-state index is 12.4. The molecule has 1 aliphatic rings. The zero-order chi connectivity index (χ0) is 17.1. The lowest BCUT2D eigenvalue weighted by atomic mass is 10.1. The molecule has 5 nitrogen and oxygen atoms in total. The molecule has 3 rings (SSSR count). The summed E-state index contributed by atoms with van der Waals surface area (Å²) in [4.78, 5) is 23.8. The molecule has 0 radical (unpaired) electrons. The molecule has 2 aromatic rings. The Bertz CT molecular complexity index is 808. The first kappa shape index (κ1) is 15.8. The van der Waals surface area contributed by atoms with Crippen molar-refractivity contribution in [3.63, 3.8) is 0 Å². The molecule has 0 N–H and O–H groups in total. The zero-order valence-electron chi connectivity index (χ0n) is 13.3. The summed E-state index contributed by atoms with van der Waals surface area (Å²) in [6.07, 6.45) is 0.949. The molecule has 0 bridgehead atoms. The number of fused-ring (bicyclic) bond motifs is 1. The van der Waals surface area contributed by atoms with Crippen LogP contribution in [0.4, 0.5) is 0 Å². The van der Waals surface area contributed by atoms with Crippen molar-refractivity contribution in [1.29, 1.82) is 0 Å². The number of carbonyl (C=O) groups excluding carboxylic acids is 2. The second kappa shape index (κ2) is 6.58. The molecule has 2 aromatic carbocycles. The average Bonchev–Trinajstić information content (AvgIpc) is 2.90. The van der Waals surface area contributed by atoms with Crippen molar-refractivity contribution in [3.05, 3.63) is 65.4 Å². The predicted molar refractivity (Wildman–Crippen MR) is 87.9 cm³/mol. The normalized spacial score (nSPS) is 15.6. The Hall–Kier alpha value is -3.08. The average molecular weight is 324 g/mol. The number of benzene rings is 2. The van der Waals surface area contributed by atoms with Crippen molar-refractivity contribution in [1.82, 2.24) is 0 Å². The van der Waals surface area contributed by atoms with Gasteiger partial charge in [0.1, 0.15) is 11.5 Å². The summed E-state index contributed by atoms with van der Waals surface area (Å²) < 4.78 is 15.8. The van der Waals surface area contributed by atoms with Crippen LogP contribution in [0.15, 0.2) is 54.3 Å². The van der Waals surface area contributed by atoms with Crippen molar-refractivity contribution >= 4 is 17.8 Å². The third-order valence-electron chi connectivity index (χ3n) is 3.58. The Morgan fingerprint density at radius 1 is 1.17 bits per heavy atom. The topological polar surface area (TPSA) is 61.8 Å². The lowest BCUT2D eigenvalue weighted by Crippen LogP contribution is -2.24. The van der Waals surface area contributed by atoms with Crippen molar-refractivity contribution in [3.8, 4) is 11.5 Å². The van der Waals surface area contributed by atoms with E-state index in [2.05, 4.69) is 4.74 Å². The molecule has 0 spiro atoms. The van der Waals surface area contributed by atoms with E-state index in [1.807, 2.05) is 30.3 Å². The fraction of sp³-hybridized carbons (Fsp3) is 0.158. The molecular weight excluding hydrogens is 308 g/mol. The van der Waals surface area contributed by atoms with Gasteiger partial charge in [-0.1, -0.05) is 30.3 Å². The minimum absolute atomic E-state index is 0.179. The van der Waals surface area contributed by atoms with Gasteiger partial charge < -0.3 is 14.2 Å². The second-order valence-corrected chi connectivity index (χ2v) is 5.29. The lowest BCUT2D eigenvalue weighted by Gasteiger charge is -2.12. The summed E-state index contributed by atoms with van der Waals surface area (Å²) in [7, 11) is 1.30. The van der Waals surface area contributed by atoms with E-state index in [4.69, 9.17) is 9.47 Å². The van der Waals surface area contributed by atoms with E-state index in [0.717, 1.165) is 5.56 Å². The molecule has 1 unspecified atom stereocenters. The molecule has 0 saturated heterocycles. The Balaban J connectivity index is 1.82. The van der Waals surface area contributed by atoms with Gasteiger partial charge in [-0.25, -0.2) is 4.79 Å². The minimum atomic E-state index is -0.746. The number of hydrogen-bond acceptors (Lipinski definition) is 5. The third-order valence-corrected chi connectivity index (χ3v) is 3.58. The zero-order valence-corrected chi connectivity index (χ0v) is 13.3. The van der Waals surface area contributed by atoms with E-state index in [-0.39, 0.29) is 11.5 Å². The highest BCUT2D eigenvalue weighted by molar-refractivity contribution is 6.14. The van der Waals surface area contributed by atoms with E-state index in [0.29, 0.717) is 17.1 Å². The van der Waals surface area contributed by atoms with Gasteiger partial charge in [0.15, 0.2) is 11.9 Å². The summed E-state index contributed by atoms with van der Waals surface area (Å²) >= 11 is 0. The number of ether oxygens (including phenoxy) is 3. The van der Waals surface area contributed by atoms with Crippen LogP contribution in [0.25, 0.3) is 6.08 Å². The number of rotatable bonds is 4. The summed E-state index contributed by atoms with van der Waals surface area (Å²) in [5.41, 5.74) is 1.35. The van der Waals surface area contributed by atoms with E-state index in [1.54, 1.807) is 31.2 Å². The van der Waals surface area contributed by atoms with Gasteiger partial charge in [-0.05, 0) is 30.7 Å². The molecule has 122 valence electrons. The quantitative estimate of drug-likeness (QED) is 0.638. The Morgan fingerprint density at radius 3 is 2.62 bits per heavy atom. The summed E-state index contributed by atoms with van der Waals surface area (Å²) in [6.45, 7) is 1.59. The highest BCUT2D eigenvalue weighted by atomic mass is 16.6. The number of carbonyl (C=O) groups is 2. The van der Waals surface area contributed by atoms with E-state index in [1.165, 1.54) is 7.11 Å². The molecule has 0 aliphatic carbocycles. The fourth-order valence-electron chi connectivity index (χ4n) is 2.36. The van der Waals surface area contributed by atoms with Gasteiger partial charge in [-0.15, -0.1) is 0 Å². The standard InChI is InChI=1S/C19H16O5/c1-12(19(21)22-2)23-14-8-9-15-16(11-14)24-17(18(15)20)10-13-6-4-3-5-7-13/h3-12H,1-2H3/b17-10-. The Kier molecular flexibility index (Phi) is 4.33. The molecule has 5 heteroatoms. The SMILES string of the molecule is COC(=O)C(C)Oc1ccc2c(c1)O/C(=C\c1ccccc1)C2=O. The summed E-state index contributed by atoms with van der Waals surface area (Å²) in [5.74, 6) is 0.449. The lowest BCUT2D eigenvalue weighted by molar-refractivity contribution is -0.147. The first-order valence-corrected chi connectivity index (χ1v) is 7.46. The van der Waals surface area contributed by atoms with Gasteiger partial charge in [-0.3, -0.25) is 4.79 Å². The number of esters is 1. The molecule has 0 amide bonds. The van der Waals surface area contributed by atoms with Gasteiger partial charge in [0.25, 0.3) is 0 Å². The van der Waals surface area contributed by atoms with Crippen LogP contribution in [0.3, 0.4) is 0 Å². The van der Waals surface area contributed by atoms with Crippen molar-refractivity contribution in [2.75, 3.05) is 7.11 Å². The maximum atomic E-state index is 12.4. The van der Waals surface area contributed by atoms with Crippen molar-refractivity contribution in [2.24, 2.45) is 0 Å². The molecule has 0 aromatic heterocycles. The first-order chi connectivity index (χ1) is 11.6. The highest BCUT2D eigenvalue weighted by Gasteiger charge is 2.28. The molecule has 0 saturated carbocycles. The highest BCUT2D eigenvalue weighted by Crippen LogP contribution is 2.35. The monoisotopic (exact) mass is 324 g/mol. The first-order valence-electron chi connectivity index (χ1n) is 7.46. The number of Topliss-reactive ketones (excluding diaryl/α,β-unsaturated/α-hetero) is 1. The van der Waals surface area contributed by atoms with Gasteiger partial charge >= 0.3 is 5.97 Å². The van der Waals surface area contributed by atoms with Crippen LogP contribution in [0.2, 0.25) is 0 Å². The molecule has 0 fully saturated rings. The van der Waals surface area contributed by atoms with Crippen LogP contribution < -0.4 is 9.47 Å². The van der Waals surface area contributed by atoms with Crippen molar-refractivity contribution < 1.29 is 23.8 Å². The van der Waals surface area contributed by atoms with Gasteiger partial charge in [0.05, 0.1) is 12.7 Å². The molecule has 1 atom stereocenters. The summed E-state index contributed by atoms with van der Waals surface area (Å²) in [6, 6.07) is 14.3. The van der Waals surface area contributed by atoms with Crippen LogP contribution in [-0.4, -0.2) is 25.0 Å². The third kappa shape index (κ3) is 3.15. The van der Waals surface area contributed by atoms with E-state index >= 15 is 0 Å². The number of ketones is 1. The predicted octanol–water partition coefficient (Wildman–Crippen LogP) is 3.24. The van der Waals surface area contributed by atoms with Crippen LogP contribution in [-0.2, 0) is 9.53 Å². The molecule has 1 heterocycles.